The Balaban J connectivity index is 2.02. The van der Waals surface area contributed by atoms with Crippen LogP contribution in [0.1, 0.15) is 31.4 Å². The van der Waals surface area contributed by atoms with Crippen molar-refractivity contribution < 1.29 is 5.21 Å². The average molecular weight is 192 g/mol. The summed E-state index contributed by atoms with van der Waals surface area (Å²) in [6.45, 7) is 0. The summed E-state index contributed by atoms with van der Waals surface area (Å²) in [5, 5.41) is 12.3. The van der Waals surface area contributed by atoms with E-state index in [9.17, 15) is 0 Å². The summed E-state index contributed by atoms with van der Waals surface area (Å²) in [5.74, 6) is 0.437. The van der Waals surface area contributed by atoms with Gasteiger partial charge in [-0.3, -0.25) is 0 Å². The first-order valence-electron chi connectivity index (χ1n) is 5.23. The maximum Gasteiger partial charge on any atom is 0.0605 e. The largest absolute Gasteiger partial charge is 0.411 e. The molecule has 76 valence electrons. The van der Waals surface area contributed by atoms with Crippen molar-refractivity contribution >= 4 is 5.71 Å². The lowest BCUT2D eigenvalue weighted by Gasteiger charge is -2.22. The van der Waals surface area contributed by atoms with Crippen LogP contribution in [0, 0.1) is 5.92 Å². The van der Waals surface area contributed by atoms with Crippen LogP contribution in [0.3, 0.4) is 0 Å². The maximum absolute atomic E-state index is 8.87. The van der Waals surface area contributed by atoms with Crippen molar-refractivity contribution in [1.82, 2.24) is 4.98 Å². The first-order valence-corrected chi connectivity index (χ1v) is 5.23. The summed E-state index contributed by atoms with van der Waals surface area (Å²) < 4.78 is 0. The van der Waals surface area contributed by atoms with Crippen LogP contribution in [-0.4, -0.2) is 15.9 Å². The molecular formula is C11H16N2O. The van der Waals surface area contributed by atoms with Crippen LogP contribution in [0.15, 0.2) is 23.5 Å². The van der Waals surface area contributed by atoms with Gasteiger partial charge in [-0.2, -0.15) is 0 Å². The topological polar surface area (TPSA) is 48.4 Å². The first kappa shape index (κ1) is 9.31. The van der Waals surface area contributed by atoms with E-state index in [1.165, 1.54) is 18.5 Å². The zero-order chi connectivity index (χ0) is 9.80. The Morgan fingerprint density at radius 2 is 2.43 bits per heavy atom. The minimum atomic E-state index is 0.437. The fourth-order valence-electron chi connectivity index (χ4n) is 2.18. The molecule has 1 aliphatic carbocycles. The molecule has 1 heterocycles. The molecule has 0 radical (unpaired) electrons. The third-order valence-corrected chi connectivity index (χ3v) is 2.96. The van der Waals surface area contributed by atoms with Crippen molar-refractivity contribution in [2.45, 2.75) is 32.1 Å². The zero-order valence-electron chi connectivity index (χ0n) is 8.24. The molecule has 1 aromatic heterocycles. The summed E-state index contributed by atoms with van der Waals surface area (Å²) in [7, 11) is 0. The highest BCUT2D eigenvalue weighted by atomic mass is 16.4. The van der Waals surface area contributed by atoms with Gasteiger partial charge in [-0.25, -0.2) is 0 Å². The van der Waals surface area contributed by atoms with Crippen molar-refractivity contribution in [3.8, 4) is 0 Å². The van der Waals surface area contributed by atoms with Crippen molar-refractivity contribution in [1.29, 1.82) is 0 Å². The van der Waals surface area contributed by atoms with Gasteiger partial charge < -0.3 is 10.2 Å². The number of oxime groups is 1. The normalized spacial score (nSPS) is 25.4. The van der Waals surface area contributed by atoms with Crippen molar-refractivity contribution in [3.63, 3.8) is 0 Å². The van der Waals surface area contributed by atoms with E-state index in [1.807, 2.05) is 12.3 Å². The molecule has 3 heteroatoms. The van der Waals surface area contributed by atoms with Crippen LogP contribution in [0.25, 0.3) is 0 Å². The number of aromatic nitrogens is 1. The molecule has 0 aliphatic heterocycles. The molecule has 0 bridgehead atoms. The van der Waals surface area contributed by atoms with Crippen molar-refractivity contribution in [2.75, 3.05) is 0 Å². The molecule has 1 fully saturated rings. The third kappa shape index (κ3) is 1.97. The van der Waals surface area contributed by atoms with E-state index < -0.39 is 0 Å². The Morgan fingerprint density at radius 1 is 1.50 bits per heavy atom. The van der Waals surface area contributed by atoms with Crippen LogP contribution in [-0.2, 0) is 6.42 Å². The lowest BCUT2D eigenvalue weighted by molar-refractivity contribution is 0.308. The highest BCUT2D eigenvalue weighted by Gasteiger charge is 2.21. The van der Waals surface area contributed by atoms with Gasteiger partial charge in [-0.1, -0.05) is 11.6 Å². The van der Waals surface area contributed by atoms with Crippen LogP contribution < -0.4 is 0 Å². The highest BCUT2D eigenvalue weighted by molar-refractivity contribution is 5.87. The van der Waals surface area contributed by atoms with Gasteiger partial charge in [0.25, 0.3) is 0 Å². The Morgan fingerprint density at radius 3 is 3.14 bits per heavy atom. The lowest BCUT2D eigenvalue weighted by Crippen LogP contribution is -2.21. The lowest BCUT2D eigenvalue weighted by atomic mass is 9.84. The number of rotatable bonds is 2. The number of H-pyrrole nitrogens is 1. The molecule has 1 aliphatic rings. The molecule has 0 amide bonds. The predicted octanol–water partition coefficient (Wildman–Crippen LogP) is 2.58. The van der Waals surface area contributed by atoms with Crippen LogP contribution >= 0.6 is 0 Å². The highest BCUT2D eigenvalue weighted by Crippen LogP contribution is 2.24. The number of nitrogens with one attached hydrogen (secondary N) is 1. The average Bonchev–Trinajstić information content (AvgIpc) is 2.71. The van der Waals surface area contributed by atoms with E-state index >= 15 is 0 Å². The van der Waals surface area contributed by atoms with Gasteiger partial charge in [0.1, 0.15) is 0 Å². The Labute approximate surface area is 83.8 Å². The Kier molecular flexibility index (Phi) is 2.87. The molecule has 1 unspecified atom stereocenters. The van der Waals surface area contributed by atoms with Crippen molar-refractivity contribution in [3.05, 3.63) is 24.0 Å². The van der Waals surface area contributed by atoms with E-state index in [4.69, 9.17) is 5.21 Å². The zero-order valence-corrected chi connectivity index (χ0v) is 8.24. The summed E-state index contributed by atoms with van der Waals surface area (Å²) >= 11 is 0. The van der Waals surface area contributed by atoms with Gasteiger partial charge in [0, 0.05) is 17.8 Å². The minimum absolute atomic E-state index is 0.437. The van der Waals surface area contributed by atoms with Gasteiger partial charge in [-0.05, 0) is 37.8 Å². The van der Waals surface area contributed by atoms with Crippen LogP contribution in [0.4, 0.5) is 0 Å². The van der Waals surface area contributed by atoms with Crippen LogP contribution in [0.5, 0.6) is 0 Å². The number of hydrogen-bond acceptors (Lipinski definition) is 2. The monoisotopic (exact) mass is 192 g/mol. The Bertz CT molecular complexity index is 303. The second-order valence-corrected chi connectivity index (χ2v) is 3.93. The third-order valence-electron chi connectivity index (χ3n) is 2.96. The first-order chi connectivity index (χ1) is 6.90. The fraction of sp³-hybridized carbons (Fsp3) is 0.545. The van der Waals surface area contributed by atoms with Gasteiger partial charge in [0.05, 0.1) is 5.71 Å². The Hall–Kier alpha value is -1.25. The molecule has 14 heavy (non-hydrogen) atoms. The molecule has 1 saturated carbocycles. The van der Waals surface area contributed by atoms with E-state index in [-0.39, 0.29) is 0 Å². The van der Waals surface area contributed by atoms with Crippen molar-refractivity contribution in [2.24, 2.45) is 11.1 Å². The van der Waals surface area contributed by atoms with Gasteiger partial charge in [0.15, 0.2) is 0 Å². The van der Waals surface area contributed by atoms with Crippen LogP contribution in [0.2, 0.25) is 0 Å². The number of nitrogens with zero attached hydrogens (tertiary/aromatic N) is 1. The summed E-state index contributed by atoms with van der Waals surface area (Å²) in [6, 6.07) is 4.09. The minimum Gasteiger partial charge on any atom is -0.411 e. The molecule has 0 aromatic carbocycles. The van der Waals surface area contributed by atoms with E-state index in [2.05, 4.69) is 16.2 Å². The summed E-state index contributed by atoms with van der Waals surface area (Å²) in [5.41, 5.74) is 2.21. The predicted molar refractivity (Wildman–Crippen MR) is 55.7 cm³/mol. The van der Waals surface area contributed by atoms with E-state index in [0.29, 0.717) is 5.92 Å². The molecular weight excluding hydrogens is 176 g/mol. The molecule has 2 N–H and O–H groups in total. The molecule has 0 spiro atoms. The summed E-state index contributed by atoms with van der Waals surface area (Å²) in [6.07, 6.45) is 7.45. The maximum atomic E-state index is 8.87. The summed E-state index contributed by atoms with van der Waals surface area (Å²) in [4.78, 5) is 3.19. The SMILES string of the molecule is O/N=C1\CCCCC1Cc1ccc[nH]1. The number of hydrogen-bond donors (Lipinski definition) is 2. The fourth-order valence-corrected chi connectivity index (χ4v) is 2.18. The van der Waals surface area contributed by atoms with Gasteiger partial charge in [-0.15, -0.1) is 0 Å². The second-order valence-electron chi connectivity index (χ2n) is 3.93. The standard InChI is InChI=1S/C11H16N2O/c14-13-11-6-2-1-4-9(11)8-10-5-3-7-12-10/h3,5,7,9,12,14H,1-2,4,6,8H2/b13-11+. The molecule has 1 aromatic rings. The molecule has 2 rings (SSSR count). The van der Waals surface area contributed by atoms with E-state index in [0.717, 1.165) is 25.0 Å². The molecule has 3 nitrogen and oxygen atoms in total. The second kappa shape index (κ2) is 4.31. The number of aromatic amines is 1. The van der Waals surface area contributed by atoms with Gasteiger partial charge in [0.2, 0.25) is 0 Å². The van der Waals surface area contributed by atoms with E-state index in [1.54, 1.807) is 0 Å². The quantitative estimate of drug-likeness (QED) is 0.549. The van der Waals surface area contributed by atoms with Gasteiger partial charge >= 0.3 is 0 Å². The molecule has 0 saturated heterocycles. The molecule has 1 atom stereocenters. The smallest absolute Gasteiger partial charge is 0.0605 e.